The van der Waals surface area contributed by atoms with E-state index < -0.39 is 0 Å². The lowest BCUT2D eigenvalue weighted by atomic mass is 10.3. The van der Waals surface area contributed by atoms with Crippen molar-refractivity contribution in [3.05, 3.63) is 54.2 Å². The second kappa shape index (κ2) is 4.46. The zero-order chi connectivity index (χ0) is 10.5. The molecule has 0 amide bonds. The van der Waals surface area contributed by atoms with Crippen LogP contribution in [0.2, 0.25) is 0 Å². The molecule has 0 aliphatic carbocycles. The van der Waals surface area contributed by atoms with E-state index >= 15 is 0 Å². The number of rotatable bonds is 3. The Kier molecular flexibility index (Phi) is 2.83. The Morgan fingerprint density at radius 1 is 1.00 bits per heavy atom. The molecule has 0 saturated carbocycles. The molecule has 0 unspecified atom stereocenters. The molecule has 0 radical (unpaired) electrons. The number of hydrogen-bond acceptors (Lipinski definition) is 3. The fraction of sp³-hybridized carbons (Fsp3) is 0.0833. The van der Waals surface area contributed by atoms with Crippen LogP contribution >= 0.6 is 0 Å². The van der Waals surface area contributed by atoms with Crippen molar-refractivity contribution in [2.45, 2.75) is 6.61 Å². The number of ether oxygens (including phenoxy) is 1. The molecule has 3 nitrogen and oxygen atoms in total. The molecule has 2 rings (SSSR count). The fourth-order valence-electron chi connectivity index (χ4n) is 1.25. The van der Waals surface area contributed by atoms with Gasteiger partial charge in [0.25, 0.3) is 0 Å². The van der Waals surface area contributed by atoms with Crippen LogP contribution in [0.4, 0.5) is 5.82 Å². The number of benzene rings is 1. The average molecular weight is 200 g/mol. The van der Waals surface area contributed by atoms with E-state index in [9.17, 15) is 0 Å². The predicted octanol–water partition coefficient (Wildman–Crippen LogP) is 2.24. The Hall–Kier alpha value is -2.03. The van der Waals surface area contributed by atoms with Crippen molar-refractivity contribution in [2.24, 2.45) is 0 Å². The number of anilines is 1. The van der Waals surface area contributed by atoms with Gasteiger partial charge in [-0.25, -0.2) is 4.98 Å². The van der Waals surface area contributed by atoms with E-state index in [1.165, 1.54) is 0 Å². The number of hydrogen-bond donors (Lipinski definition) is 1. The third kappa shape index (κ3) is 2.71. The van der Waals surface area contributed by atoms with Crippen LogP contribution in [0, 0.1) is 0 Å². The topological polar surface area (TPSA) is 48.1 Å². The second-order valence-corrected chi connectivity index (χ2v) is 3.16. The summed E-state index contributed by atoms with van der Waals surface area (Å²) in [6.07, 6.45) is 0. The molecule has 0 aliphatic heterocycles. The Morgan fingerprint density at radius 2 is 1.80 bits per heavy atom. The first-order valence-electron chi connectivity index (χ1n) is 4.74. The van der Waals surface area contributed by atoms with Gasteiger partial charge in [-0.3, -0.25) is 0 Å². The van der Waals surface area contributed by atoms with Crippen molar-refractivity contribution in [1.29, 1.82) is 0 Å². The van der Waals surface area contributed by atoms with Gasteiger partial charge in [0.05, 0.1) is 5.69 Å². The third-order valence-corrected chi connectivity index (χ3v) is 1.96. The maximum atomic E-state index is 5.56. The first-order valence-corrected chi connectivity index (χ1v) is 4.74. The summed E-state index contributed by atoms with van der Waals surface area (Å²) in [7, 11) is 0. The first kappa shape index (κ1) is 9.52. The molecular formula is C12H12N2O. The van der Waals surface area contributed by atoms with Gasteiger partial charge in [-0.2, -0.15) is 0 Å². The second-order valence-electron chi connectivity index (χ2n) is 3.16. The van der Waals surface area contributed by atoms with E-state index in [2.05, 4.69) is 4.98 Å². The number of para-hydroxylation sites is 1. The summed E-state index contributed by atoms with van der Waals surface area (Å²) in [6, 6.07) is 15.1. The molecule has 0 spiro atoms. The predicted molar refractivity (Wildman–Crippen MR) is 59.4 cm³/mol. The molecule has 0 aliphatic rings. The summed E-state index contributed by atoms with van der Waals surface area (Å²) in [4.78, 5) is 4.14. The van der Waals surface area contributed by atoms with Crippen LogP contribution in [-0.2, 0) is 6.61 Å². The molecule has 0 atom stereocenters. The summed E-state index contributed by atoms with van der Waals surface area (Å²) in [5, 5.41) is 0. The molecule has 2 aromatic rings. The van der Waals surface area contributed by atoms with Crippen LogP contribution in [0.1, 0.15) is 5.69 Å². The standard InChI is InChI=1S/C12H12N2O/c13-12-8-4-5-10(14-12)9-15-11-6-2-1-3-7-11/h1-8H,9H2,(H2,13,14). The minimum absolute atomic E-state index is 0.440. The third-order valence-electron chi connectivity index (χ3n) is 1.96. The van der Waals surface area contributed by atoms with Crippen molar-refractivity contribution in [3.63, 3.8) is 0 Å². The van der Waals surface area contributed by atoms with Crippen LogP contribution in [-0.4, -0.2) is 4.98 Å². The molecule has 0 fully saturated rings. The summed E-state index contributed by atoms with van der Waals surface area (Å²) >= 11 is 0. The molecule has 3 heteroatoms. The van der Waals surface area contributed by atoms with Crippen LogP contribution < -0.4 is 10.5 Å². The Bertz CT molecular complexity index is 429. The summed E-state index contributed by atoms with van der Waals surface area (Å²) in [5.41, 5.74) is 6.39. The van der Waals surface area contributed by atoms with Crippen molar-refractivity contribution in [3.8, 4) is 5.75 Å². The van der Waals surface area contributed by atoms with Crippen LogP contribution in [0.25, 0.3) is 0 Å². The van der Waals surface area contributed by atoms with Crippen molar-refractivity contribution in [1.82, 2.24) is 4.98 Å². The number of aromatic nitrogens is 1. The molecule has 15 heavy (non-hydrogen) atoms. The molecular weight excluding hydrogens is 188 g/mol. The summed E-state index contributed by atoms with van der Waals surface area (Å²) in [5.74, 6) is 1.35. The van der Waals surface area contributed by atoms with Crippen LogP contribution in [0.5, 0.6) is 5.75 Å². The average Bonchev–Trinajstić information content (AvgIpc) is 2.28. The fourth-order valence-corrected chi connectivity index (χ4v) is 1.25. The van der Waals surface area contributed by atoms with E-state index in [0.717, 1.165) is 11.4 Å². The van der Waals surface area contributed by atoms with Gasteiger partial charge in [-0.15, -0.1) is 0 Å². The smallest absolute Gasteiger partial charge is 0.130 e. The van der Waals surface area contributed by atoms with E-state index in [1.54, 1.807) is 6.07 Å². The maximum Gasteiger partial charge on any atom is 0.130 e. The number of nitrogens with two attached hydrogens (primary N) is 1. The highest BCUT2D eigenvalue weighted by Crippen LogP contribution is 2.11. The maximum absolute atomic E-state index is 5.56. The van der Waals surface area contributed by atoms with Gasteiger partial charge in [-0.1, -0.05) is 24.3 Å². The normalized spacial score (nSPS) is 9.87. The van der Waals surface area contributed by atoms with Gasteiger partial charge in [0.2, 0.25) is 0 Å². The van der Waals surface area contributed by atoms with Gasteiger partial charge in [0.1, 0.15) is 18.2 Å². The highest BCUT2D eigenvalue weighted by Gasteiger charge is 1.96. The van der Waals surface area contributed by atoms with Gasteiger partial charge in [0, 0.05) is 0 Å². The lowest BCUT2D eigenvalue weighted by Crippen LogP contribution is -2.00. The number of nitrogen functional groups attached to an aromatic ring is 1. The largest absolute Gasteiger partial charge is 0.487 e. The van der Waals surface area contributed by atoms with Gasteiger partial charge >= 0.3 is 0 Å². The first-order chi connectivity index (χ1) is 7.34. The van der Waals surface area contributed by atoms with Crippen LogP contribution in [0.3, 0.4) is 0 Å². The van der Waals surface area contributed by atoms with E-state index in [1.807, 2.05) is 42.5 Å². The Labute approximate surface area is 88.5 Å². The Morgan fingerprint density at radius 3 is 2.53 bits per heavy atom. The minimum Gasteiger partial charge on any atom is -0.487 e. The quantitative estimate of drug-likeness (QED) is 0.826. The van der Waals surface area contributed by atoms with Gasteiger partial charge in [-0.05, 0) is 24.3 Å². The van der Waals surface area contributed by atoms with Crippen LogP contribution in [0.15, 0.2) is 48.5 Å². The van der Waals surface area contributed by atoms with E-state index in [0.29, 0.717) is 12.4 Å². The van der Waals surface area contributed by atoms with Crippen molar-refractivity contribution < 1.29 is 4.74 Å². The molecule has 1 aromatic carbocycles. The molecule has 2 N–H and O–H groups in total. The number of nitrogens with zero attached hydrogens (tertiary/aromatic N) is 1. The summed E-state index contributed by atoms with van der Waals surface area (Å²) in [6.45, 7) is 0.440. The molecule has 0 saturated heterocycles. The minimum atomic E-state index is 0.440. The van der Waals surface area contributed by atoms with E-state index in [-0.39, 0.29) is 0 Å². The molecule has 1 heterocycles. The SMILES string of the molecule is Nc1cccc(COc2ccccc2)n1. The summed E-state index contributed by atoms with van der Waals surface area (Å²) < 4.78 is 5.53. The zero-order valence-corrected chi connectivity index (χ0v) is 8.26. The molecule has 1 aromatic heterocycles. The zero-order valence-electron chi connectivity index (χ0n) is 8.26. The van der Waals surface area contributed by atoms with E-state index in [4.69, 9.17) is 10.5 Å². The lowest BCUT2D eigenvalue weighted by molar-refractivity contribution is 0.301. The van der Waals surface area contributed by atoms with Gasteiger partial charge in [0.15, 0.2) is 0 Å². The highest BCUT2D eigenvalue weighted by molar-refractivity contribution is 5.29. The lowest BCUT2D eigenvalue weighted by Gasteiger charge is -2.05. The van der Waals surface area contributed by atoms with Crippen molar-refractivity contribution >= 4 is 5.82 Å². The number of pyridine rings is 1. The van der Waals surface area contributed by atoms with Gasteiger partial charge < -0.3 is 10.5 Å². The molecule has 76 valence electrons. The Balaban J connectivity index is 1.99. The monoisotopic (exact) mass is 200 g/mol. The molecule has 0 bridgehead atoms. The van der Waals surface area contributed by atoms with Crippen molar-refractivity contribution in [2.75, 3.05) is 5.73 Å². The highest BCUT2D eigenvalue weighted by atomic mass is 16.5.